The predicted octanol–water partition coefficient (Wildman–Crippen LogP) is 5.87. The number of nitrogens with one attached hydrogen (secondary N) is 1. The van der Waals surface area contributed by atoms with E-state index in [1.165, 1.54) is 24.3 Å². The first-order chi connectivity index (χ1) is 11.2. The SMILES string of the molecule is O=C(Nc1nc2ccc(C(F)(F)F)cc2s1)c1cc(Cl)cc(Cl)c1. The second-order valence-corrected chi connectivity index (χ2v) is 6.72. The van der Waals surface area contributed by atoms with Gasteiger partial charge in [0.2, 0.25) is 0 Å². The van der Waals surface area contributed by atoms with Gasteiger partial charge in [0, 0.05) is 15.6 Å². The van der Waals surface area contributed by atoms with E-state index in [1.54, 1.807) is 0 Å². The third-order valence-corrected chi connectivity index (χ3v) is 4.43. The molecule has 1 amide bonds. The van der Waals surface area contributed by atoms with Gasteiger partial charge in [0.1, 0.15) is 0 Å². The van der Waals surface area contributed by atoms with Crippen LogP contribution in [-0.2, 0) is 6.18 Å². The van der Waals surface area contributed by atoms with Crippen LogP contribution in [0.4, 0.5) is 18.3 Å². The van der Waals surface area contributed by atoms with Crippen LogP contribution in [0.1, 0.15) is 15.9 Å². The van der Waals surface area contributed by atoms with Gasteiger partial charge in [-0.2, -0.15) is 13.2 Å². The Bertz CT molecular complexity index is 920. The summed E-state index contributed by atoms with van der Waals surface area (Å²) in [7, 11) is 0. The lowest BCUT2D eigenvalue weighted by molar-refractivity contribution is -0.137. The number of thiazole rings is 1. The summed E-state index contributed by atoms with van der Waals surface area (Å²) in [6.45, 7) is 0. The number of rotatable bonds is 2. The van der Waals surface area contributed by atoms with E-state index in [2.05, 4.69) is 10.3 Å². The Morgan fingerprint density at radius 3 is 2.38 bits per heavy atom. The van der Waals surface area contributed by atoms with E-state index in [9.17, 15) is 18.0 Å². The number of aromatic nitrogens is 1. The molecule has 0 saturated carbocycles. The highest BCUT2D eigenvalue weighted by Gasteiger charge is 2.30. The molecule has 0 atom stereocenters. The van der Waals surface area contributed by atoms with Gasteiger partial charge in [0.25, 0.3) is 5.91 Å². The molecule has 1 heterocycles. The first kappa shape index (κ1) is 17.0. The number of carbonyl (C=O) groups excluding carboxylic acids is 1. The second-order valence-electron chi connectivity index (χ2n) is 4.81. The summed E-state index contributed by atoms with van der Waals surface area (Å²) < 4.78 is 38.5. The fourth-order valence-electron chi connectivity index (χ4n) is 2.01. The quantitative estimate of drug-likeness (QED) is 0.593. The number of nitrogens with zero attached hydrogens (tertiary/aromatic N) is 1. The first-order valence-electron chi connectivity index (χ1n) is 6.47. The van der Waals surface area contributed by atoms with Crippen LogP contribution in [-0.4, -0.2) is 10.9 Å². The highest BCUT2D eigenvalue weighted by molar-refractivity contribution is 7.22. The van der Waals surface area contributed by atoms with Crippen LogP contribution in [0.3, 0.4) is 0 Å². The van der Waals surface area contributed by atoms with Crippen LogP contribution in [0, 0.1) is 0 Å². The minimum atomic E-state index is -4.43. The molecular formula is C15H7Cl2F3N2OS. The van der Waals surface area contributed by atoms with Crippen LogP contribution >= 0.6 is 34.5 Å². The van der Waals surface area contributed by atoms with Gasteiger partial charge >= 0.3 is 6.18 Å². The maximum Gasteiger partial charge on any atom is 0.416 e. The summed E-state index contributed by atoms with van der Waals surface area (Å²) in [4.78, 5) is 16.3. The Morgan fingerprint density at radius 2 is 1.75 bits per heavy atom. The average molecular weight is 391 g/mol. The fourth-order valence-corrected chi connectivity index (χ4v) is 3.43. The summed E-state index contributed by atoms with van der Waals surface area (Å²) >= 11 is 12.6. The molecule has 1 N–H and O–H groups in total. The summed E-state index contributed by atoms with van der Waals surface area (Å²) in [5.41, 5.74) is -0.173. The molecule has 1 aromatic heterocycles. The number of hydrogen-bond donors (Lipinski definition) is 1. The third kappa shape index (κ3) is 3.63. The molecular weight excluding hydrogens is 384 g/mol. The van der Waals surface area contributed by atoms with E-state index < -0.39 is 17.6 Å². The van der Waals surface area contributed by atoms with Crippen LogP contribution < -0.4 is 5.32 Å². The molecule has 0 unspecified atom stereocenters. The van der Waals surface area contributed by atoms with Crippen molar-refractivity contribution in [2.24, 2.45) is 0 Å². The van der Waals surface area contributed by atoms with Gasteiger partial charge in [-0.1, -0.05) is 34.5 Å². The predicted molar refractivity (Wildman–Crippen MR) is 89.0 cm³/mol. The van der Waals surface area contributed by atoms with E-state index in [0.29, 0.717) is 20.3 Å². The highest BCUT2D eigenvalue weighted by Crippen LogP contribution is 2.34. The number of amides is 1. The van der Waals surface area contributed by atoms with Crippen molar-refractivity contribution in [3.8, 4) is 0 Å². The van der Waals surface area contributed by atoms with Crippen molar-refractivity contribution in [1.82, 2.24) is 4.98 Å². The van der Waals surface area contributed by atoms with Crippen molar-refractivity contribution >= 4 is 55.8 Å². The van der Waals surface area contributed by atoms with Crippen LogP contribution in [0.25, 0.3) is 10.2 Å². The van der Waals surface area contributed by atoms with Crippen molar-refractivity contribution in [2.45, 2.75) is 6.18 Å². The zero-order valence-corrected chi connectivity index (χ0v) is 13.9. The van der Waals surface area contributed by atoms with Crippen molar-refractivity contribution in [2.75, 3.05) is 5.32 Å². The number of hydrogen-bond acceptors (Lipinski definition) is 3. The molecule has 0 aliphatic heterocycles. The number of benzene rings is 2. The van der Waals surface area contributed by atoms with Crippen molar-refractivity contribution in [3.05, 3.63) is 57.6 Å². The van der Waals surface area contributed by atoms with E-state index in [-0.39, 0.29) is 10.7 Å². The fraction of sp³-hybridized carbons (Fsp3) is 0.0667. The lowest BCUT2D eigenvalue weighted by atomic mass is 10.2. The van der Waals surface area contributed by atoms with Crippen LogP contribution in [0.5, 0.6) is 0 Å². The van der Waals surface area contributed by atoms with Gasteiger partial charge in [0.15, 0.2) is 5.13 Å². The normalized spacial score (nSPS) is 11.7. The number of alkyl halides is 3. The van der Waals surface area contributed by atoms with Crippen LogP contribution in [0.15, 0.2) is 36.4 Å². The van der Waals surface area contributed by atoms with E-state index in [1.807, 2.05) is 0 Å². The van der Waals surface area contributed by atoms with Gasteiger partial charge in [-0.15, -0.1) is 0 Å². The highest BCUT2D eigenvalue weighted by atomic mass is 35.5. The largest absolute Gasteiger partial charge is 0.416 e. The minimum Gasteiger partial charge on any atom is -0.298 e. The van der Waals surface area contributed by atoms with Crippen molar-refractivity contribution in [3.63, 3.8) is 0 Å². The average Bonchev–Trinajstić information content (AvgIpc) is 2.86. The molecule has 3 aromatic rings. The summed E-state index contributed by atoms with van der Waals surface area (Å²) in [5.74, 6) is -0.505. The standard InChI is InChI=1S/C15H7Cl2F3N2OS/c16-9-3-7(4-10(17)6-9)13(23)22-14-21-11-2-1-8(15(18,19)20)5-12(11)24-14/h1-6H,(H,21,22,23). The van der Waals surface area contributed by atoms with Crippen LogP contribution in [0.2, 0.25) is 10.0 Å². The van der Waals surface area contributed by atoms with E-state index >= 15 is 0 Å². The molecule has 3 rings (SSSR count). The topological polar surface area (TPSA) is 42.0 Å². The lowest BCUT2D eigenvalue weighted by Gasteiger charge is -2.04. The molecule has 3 nitrogen and oxygen atoms in total. The molecule has 0 saturated heterocycles. The van der Waals surface area contributed by atoms with Crippen molar-refractivity contribution in [1.29, 1.82) is 0 Å². The zero-order valence-electron chi connectivity index (χ0n) is 11.6. The number of halogens is 5. The summed E-state index contributed by atoms with van der Waals surface area (Å²) in [6, 6.07) is 7.55. The van der Waals surface area contributed by atoms with E-state index in [0.717, 1.165) is 23.5 Å². The first-order valence-corrected chi connectivity index (χ1v) is 8.05. The lowest BCUT2D eigenvalue weighted by Crippen LogP contribution is -2.11. The Hall–Kier alpha value is -1.83. The smallest absolute Gasteiger partial charge is 0.298 e. The summed E-state index contributed by atoms with van der Waals surface area (Å²) in [5, 5.41) is 3.31. The zero-order chi connectivity index (χ0) is 17.5. The van der Waals surface area contributed by atoms with E-state index in [4.69, 9.17) is 23.2 Å². The molecule has 9 heteroatoms. The van der Waals surface area contributed by atoms with Gasteiger partial charge in [-0.25, -0.2) is 4.98 Å². The molecule has 0 aliphatic carbocycles. The molecule has 0 fully saturated rings. The Balaban J connectivity index is 1.88. The Kier molecular flexibility index (Phi) is 4.42. The molecule has 0 aliphatic rings. The van der Waals surface area contributed by atoms with Gasteiger partial charge in [-0.3, -0.25) is 10.1 Å². The minimum absolute atomic E-state index is 0.186. The van der Waals surface area contributed by atoms with Crippen molar-refractivity contribution < 1.29 is 18.0 Å². The Morgan fingerprint density at radius 1 is 1.08 bits per heavy atom. The molecule has 0 spiro atoms. The third-order valence-electron chi connectivity index (χ3n) is 3.06. The van der Waals surface area contributed by atoms with Gasteiger partial charge in [-0.05, 0) is 36.4 Å². The number of carbonyl (C=O) groups is 1. The maximum atomic E-state index is 12.7. The summed E-state index contributed by atoms with van der Waals surface area (Å²) in [6.07, 6.45) is -4.43. The second kappa shape index (κ2) is 6.23. The number of anilines is 1. The molecule has 2 aromatic carbocycles. The molecule has 124 valence electrons. The Labute approximate surface area is 148 Å². The number of fused-ring (bicyclic) bond motifs is 1. The molecule has 0 bridgehead atoms. The van der Waals surface area contributed by atoms with Gasteiger partial charge in [0.05, 0.1) is 15.8 Å². The molecule has 24 heavy (non-hydrogen) atoms. The monoisotopic (exact) mass is 390 g/mol. The van der Waals surface area contributed by atoms with Gasteiger partial charge < -0.3 is 0 Å². The maximum absolute atomic E-state index is 12.7. The molecule has 0 radical (unpaired) electrons.